The highest BCUT2D eigenvalue weighted by atomic mass is 16.4. The summed E-state index contributed by atoms with van der Waals surface area (Å²) < 4.78 is 0. The molecule has 17 heavy (non-hydrogen) atoms. The van der Waals surface area contributed by atoms with Crippen molar-refractivity contribution in [3.63, 3.8) is 0 Å². The molecule has 0 fully saturated rings. The fourth-order valence-corrected chi connectivity index (χ4v) is 1.87. The van der Waals surface area contributed by atoms with Gasteiger partial charge in [0.25, 0.3) is 0 Å². The lowest BCUT2D eigenvalue weighted by atomic mass is 9.96. The van der Waals surface area contributed by atoms with Crippen LogP contribution in [0.1, 0.15) is 21.5 Å². The van der Waals surface area contributed by atoms with E-state index in [4.69, 9.17) is 5.11 Å². The zero-order valence-corrected chi connectivity index (χ0v) is 9.77. The summed E-state index contributed by atoms with van der Waals surface area (Å²) in [5.41, 5.74) is 4.50. The van der Waals surface area contributed by atoms with E-state index in [-0.39, 0.29) is 0 Å². The number of aromatic nitrogens is 1. The van der Waals surface area contributed by atoms with E-state index in [1.54, 1.807) is 24.5 Å². The van der Waals surface area contributed by atoms with Gasteiger partial charge in [0.05, 0.1) is 5.56 Å². The van der Waals surface area contributed by atoms with E-state index in [2.05, 4.69) is 4.98 Å². The molecule has 0 amide bonds. The number of hydrogen-bond donors (Lipinski definition) is 1. The largest absolute Gasteiger partial charge is 0.478 e. The normalized spacial score (nSPS) is 10.2. The summed E-state index contributed by atoms with van der Waals surface area (Å²) in [6.45, 7) is 3.91. The van der Waals surface area contributed by atoms with Crippen molar-refractivity contribution in [2.45, 2.75) is 13.8 Å². The molecule has 1 aromatic carbocycles. The number of hydrogen-bond acceptors (Lipinski definition) is 2. The number of benzene rings is 1. The first-order chi connectivity index (χ1) is 8.09. The molecular weight excluding hydrogens is 214 g/mol. The Morgan fingerprint density at radius 3 is 2.41 bits per heavy atom. The molecule has 2 rings (SSSR count). The average Bonchev–Trinajstić information content (AvgIpc) is 2.30. The van der Waals surface area contributed by atoms with Crippen LogP contribution in [0.3, 0.4) is 0 Å². The van der Waals surface area contributed by atoms with Crippen LogP contribution >= 0.6 is 0 Å². The molecule has 3 heteroatoms. The van der Waals surface area contributed by atoms with Gasteiger partial charge >= 0.3 is 5.97 Å². The Kier molecular flexibility index (Phi) is 2.91. The van der Waals surface area contributed by atoms with Gasteiger partial charge in [-0.3, -0.25) is 4.98 Å². The molecule has 0 radical (unpaired) electrons. The van der Waals surface area contributed by atoms with Crippen molar-refractivity contribution in [1.29, 1.82) is 0 Å². The molecule has 0 bridgehead atoms. The SMILES string of the molecule is Cc1cnccc1-c1ccc(C(=O)O)cc1C. The van der Waals surface area contributed by atoms with Gasteiger partial charge in [-0.2, -0.15) is 0 Å². The molecule has 1 aromatic heterocycles. The third kappa shape index (κ3) is 2.18. The maximum absolute atomic E-state index is 10.9. The lowest BCUT2D eigenvalue weighted by Gasteiger charge is -2.09. The minimum absolute atomic E-state index is 0.318. The zero-order chi connectivity index (χ0) is 12.4. The van der Waals surface area contributed by atoms with Gasteiger partial charge in [-0.1, -0.05) is 6.07 Å². The molecule has 1 heterocycles. The van der Waals surface area contributed by atoms with E-state index in [0.29, 0.717) is 5.56 Å². The van der Waals surface area contributed by atoms with E-state index in [0.717, 1.165) is 22.3 Å². The molecule has 2 aromatic rings. The number of nitrogens with zero attached hydrogens (tertiary/aromatic N) is 1. The first-order valence-corrected chi connectivity index (χ1v) is 5.34. The molecule has 1 N–H and O–H groups in total. The topological polar surface area (TPSA) is 50.2 Å². The van der Waals surface area contributed by atoms with Crippen molar-refractivity contribution in [3.8, 4) is 11.1 Å². The van der Waals surface area contributed by atoms with Crippen LogP contribution in [0.25, 0.3) is 11.1 Å². The lowest BCUT2D eigenvalue weighted by Crippen LogP contribution is -1.97. The van der Waals surface area contributed by atoms with Crippen molar-refractivity contribution < 1.29 is 9.90 Å². The molecule has 3 nitrogen and oxygen atoms in total. The van der Waals surface area contributed by atoms with Crippen molar-refractivity contribution in [2.24, 2.45) is 0 Å². The van der Waals surface area contributed by atoms with E-state index in [1.165, 1.54) is 0 Å². The summed E-state index contributed by atoms with van der Waals surface area (Å²) in [7, 11) is 0. The Labute approximate surface area is 99.8 Å². The molecule has 0 saturated carbocycles. The van der Waals surface area contributed by atoms with E-state index in [1.807, 2.05) is 26.0 Å². The second-order valence-corrected chi connectivity index (χ2v) is 4.03. The second kappa shape index (κ2) is 4.37. The van der Waals surface area contributed by atoms with Crippen LogP contribution in [0.5, 0.6) is 0 Å². The van der Waals surface area contributed by atoms with E-state index < -0.39 is 5.97 Å². The molecule has 0 spiro atoms. The van der Waals surface area contributed by atoms with E-state index in [9.17, 15) is 4.79 Å². The third-order valence-corrected chi connectivity index (χ3v) is 2.78. The number of rotatable bonds is 2. The van der Waals surface area contributed by atoms with Crippen molar-refractivity contribution >= 4 is 5.97 Å². The Hall–Kier alpha value is -2.16. The van der Waals surface area contributed by atoms with Crippen molar-refractivity contribution in [2.75, 3.05) is 0 Å². The average molecular weight is 227 g/mol. The Morgan fingerprint density at radius 1 is 1.12 bits per heavy atom. The summed E-state index contributed by atoms with van der Waals surface area (Å²) in [6.07, 6.45) is 3.55. The Bertz CT molecular complexity index is 576. The summed E-state index contributed by atoms with van der Waals surface area (Å²) >= 11 is 0. The van der Waals surface area contributed by atoms with Gasteiger partial charge in [-0.15, -0.1) is 0 Å². The number of pyridine rings is 1. The molecule has 0 aliphatic heterocycles. The maximum Gasteiger partial charge on any atom is 0.335 e. The van der Waals surface area contributed by atoms with Gasteiger partial charge in [0.15, 0.2) is 0 Å². The Morgan fingerprint density at radius 2 is 1.82 bits per heavy atom. The van der Waals surface area contributed by atoms with Crippen LogP contribution in [0.4, 0.5) is 0 Å². The van der Waals surface area contributed by atoms with Gasteiger partial charge in [0, 0.05) is 12.4 Å². The second-order valence-electron chi connectivity index (χ2n) is 4.03. The summed E-state index contributed by atoms with van der Waals surface area (Å²) in [6, 6.07) is 7.11. The van der Waals surface area contributed by atoms with Crippen LogP contribution in [0, 0.1) is 13.8 Å². The smallest absolute Gasteiger partial charge is 0.335 e. The number of aromatic carboxylic acids is 1. The highest BCUT2D eigenvalue weighted by Crippen LogP contribution is 2.26. The molecule has 0 aliphatic carbocycles. The first-order valence-electron chi connectivity index (χ1n) is 5.34. The van der Waals surface area contributed by atoms with Gasteiger partial charge in [-0.25, -0.2) is 4.79 Å². The number of carboxylic acids is 1. The van der Waals surface area contributed by atoms with Crippen molar-refractivity contribution in [1.82, 2.24) is 4.98 Å². The fraction of sp³-hybridized carbons (Fsp3) is 0.143. The Balaban J connectivity index is 2.55. The highest BCUT2D eigenvalue weighted by molar-refractivity contribution is 5.89. The predicted molar refractivity (Wildman–Crippen MR) is 66.1 cm³/mol. The molecule has 0 saturated heterocycles. The number of aryl methyl sites for hydroxylation is 2. The molecule has 0 atom stereocenters. The number of carbonyl (C=O) groups is 1. The van der Waals surface area contributed by atoms with Crippen LogP contribution in [-0.4, -0.2) is 16.1 Å². The van der Waals surface area contributed by atoms with Crippen LogP contribution in [0.2, 0.25) is 0 Å². The van der Waals surface area contributed by atoms with Gasteiger partial charge < -0.3 is 5.11 Å². The predicted octanol–water partition coefficient (Wildman–Crippen LogP) is 3.06. The zero-order valence-electron chi connectivity index (χ0n) is 9.77. The van der Waals surface area contributed by atoms with Gasteiger partial charge in [0.2, 0.25) is 0 Å². The number of carboxylic acid groups (broad SMARTS) is 1. The van der Waals surface area contributed by atoms with E-state index >= 15 is 0 Å². The van der Waals surface area contributed by atoms with Crippen LogP contribution in [-0.2, 0) is 0 Å². The summed E-state index contributed by atoms with van der Waals surface area (Å²) in [5, 5.41) is 8.92. The van der Waals surface area contributed by atoms with Crippen LogP contribution < -0.4 is 0 Å². The lowest BCUT2D eigenvalue weighted by molar-refractivity contribution is 0.0697. The van der Waals surface area contributed by atoms with Gasteiger partial charge in [0.1, 0.15) is 0 Å². The summed E-state index contributed by atoms with van der Waals surface area (Å²) in [5.74, 6) is -0.897. The van der Waals surface area contributed by atoms with Crippen molar-refractivity contribution in [3.05, 3.63) is 53.3 Å². The maximum atomic E-state index is 10.9. The monoisotopic (exact) mass is 227 g/mol. The quantitative estimate of drug-likeness (QED) is 0.857. The fourth-order valence-electron chi connectivity index (χ4n) is 1.87. The molecule has 0 aliphatic rings. The highest BCUT2D eigenvalue weighted by Gasteiger charge is 2.08. The molecular formula is C14H13NO2. The van der Waals surface area contributed by atoms with Gasteiger partial charge in [-0.05, 0) is 54.3 Å². The summed E-state index contributed by atoms with van der Waals surface area (Å²) in [4.78, 5) is 14.9. The molecule has 0 unspecified atom stereocenters. The van der Waals surface area contributed by atoms with Crippen LogP contribution in [0.15, 0.2) is 36.7 Å². The minimum Gasteiger partial charge on any atom is -0.478 e. The first kappa shape index (κ1) is 11.3. The molecule has 86 valence electrons. The standard InChI is InChI=1S/C14H13NO2/c1-9-7-11(14(16)17)3-4-12(9)13-5-6-15-8-10(13)2/h3-8H,1-2H3,(H,16,17). The third-order valence-electron chi connectivity index (χ3n) is 2.78. The minimum atomic E-state index is -0.897.